The first-order valence-electron chi connectivity index (χ1n) is 6.25. The third kappa shape index (κ3) is 5.80. The second-order valence-electron chi connectivity index (χ2n) is 5.27. The van der Waals surface area contributed by atoms with Crippen molar-refractivity contribution in [2.45, 2.75) is 38.8 Å². The summed E-state index contributed by atoms with van der Waals surface area (Å²) in [4.78, 5) is 2.29. The first-order chi connectivity index (χ1) is 7.49. The van der Waals surface area contributed by atoms with E-state index in [9.17, 15) is 5.11 Å². The smallest absolute Gasteiger partial charge is 0.0869 e. The van der Waals surface area contributed by atoms with Crippen molar-refractivity contribution in [1.29, 1.82) is 0 Å². The summed E-state index contributed by atoms with van der Waals surface area (Å²) in [6.45, 7) is 11.0. The molecule has 0 aromatic carbocycles. The summed E-state index contributed by atoms with van der Waals surface area (Å²) < 4.78 is 5.40. The van der Waals surface area contributed by atoms with E-state index in [-0.39, 0.29) is 0 Å². The first kappa shape index (κ1) is 13.9. The van der Waals surface area contributed by atoms with E-state index in [0.717, 1.165) is 39.3 Å². The maximum atomic E-state index is 10.3. The van der Waals surface area contributed by atoms with Crippen LogP contribution in [0.1, 0.15) is 27.2 Å². The lowest BCUT2D eigenvalue weighted by atomic mass is 10.1. The standard InChI is InChI=1S/C12H26N2O2/c1-11(2)13-9-12(3,15)10-14-5-4-7-16-8-6-14/h11,13,15H,4-10H2,1-3H3. The maximum absolute atomic E-state index is 10.3. The molecule has 0 bridgehead atoms. The Morgan fingerprint density at radius 2 is 2.12 bits per heavy atom. The van der Waals surface area contributed by atoms with Gasteiger partial charge >= 0.3 is 0 Å². The van der Waals surface area contributed by atoms with Crippen LogP contribution in [0.5, 0.6) is 0 Å². The van der Waals surface area contributed by atoms with Crippen molar-refractivity contribution in [3.05, 3.63) is 0 Å². The van der Waals surface area contributed by atoms with Crippen molar-refractivity contribution >= 4 is 0 Å². The van der Waals surface area contributed by atoms with E-state index in [2.05, 4.69) is 24.1 Å². The van der Waals surface area contributed by atoms with Crippen LogP contribution in [0.4, 0.5) is 0 Å². The summed E-state index contributed by atoms with van der Waals surface area (Å²) in [5.41, 5.74) is -0.658. The number of β-amino-alcohol motifs (C(OH)–C–C–N with tert-alkyl or cyclic N) is 1. The zero-order chi connectivity index (χ0) is 12.0. The zero-order valence-corrected chi connectivity index (χ0v) is 10.8. The molecule has 0 aromatic heterocycles. The molecule has 1 heterocycles. The van der Waals surface area contributed by atoms with Gasteiger partial charge in [0, 0.05) is 38.8 Å². The first-order valence-corrected chi connectivity index (χ1v) is 6.25. The van der Waals surface area contributed by atoms with Gasteiger partial charge in [-0.2, -0.15) is 0 Å². The monoisotopic (exact) mass is 230 g/mol. The molecule has 1 unspecified atom stereocenters. The molecule has 0 aromatic rings. The Bertz CT molecular complexity index is 187. The molecular formula is C12H26N2O2. The highest BCUT2D eigenvalue weighted by molar-refractivity contribution is 4.81. The third-order valence-electron chi connectivity index (χ3n) is 2.77. The molecule has 0 aliphatic carbocycles. The minimum atomic E-state index is -0.658. The lowest BCUT2D eigenvalue weighted by Gasteiger charge is -2.31. The van der Waals surface area contributed by atoms with Crippen LogP contribution < -0.4 is 5.32 Å². The summed E-state index contributed by atoms with van der Waals surface area (Å²) in [7, 11) is 0. The molecule has 2 N–H and O–H groups in total. The van der Waals surface area contributed by atoms with Crippen molar-refractivity contribution in [3.63, 3.8) is 0 Å². The van der Waals surface area contributed by atoms with E-state index in [4.69, 9.17) is 4.74 Å². The number of nitrogens with zero attached hydrogens (tertiary/aromatic N) is 1. The van der Waals surface area contributed by atoms with Crippen molar-refractivity contribution in [1.82, 2.24) is 10.2 Å². The average molecular weight is 230 g/mol. The zero-order valence-electron chi connectivity index (χ0n) is 10.8. The van der Waals surface area contributed by atoms with E-state index < -0.39 is 5.60 Å². The van der Waals surface area contributed by atoms with Crippen molar-refractivity contribution in [2.75, 3.05) is 39.4 Å². The van der Waals surface area contributed by atoms with Crippen molar-refractivity contribution < 1.29 is 9.84 Å². The summed E-state index contributed by atoms with van der Waals surface area (Å²) >= 11 is 0. The highest BCUT2D eigenvalue weighted by Crippen LogP contribution is 2.08. The van der Waals surface area contributed by atoms with E-state index in [1.165, 1.54) is 0 Å². The summed E-state index contributed by atoms with van der Waals surface area (Å²) in [6, 6.07) is 0.416. The predicted octanol–water partition coefficient (Wildman–Crippen LogP) is 0.458. The van der Waals surface area contributed by atoms with E-state index >= 15 is 0 Å². The van der Waals surface area contributed by atoms with Crippen molar-refractivity contribution in [3.8, 4) is 0 Å². The summed E-state index contributed by atoms with van der Waals surface area (Å²) in [6.07, 6.45) is 1.06. The number of rotatable bonds is 5. The molecule has 1 fully saturated rings. The third-order valence-corrected chi connectivity index (χ3v) is 2.77. The molecular weight excluding hydrogens is 204 g/mol. The highest BCUT2D eigenvalue weighted by Gasteiger charge is 2.24. The minimum Gasteiger partial charge on any atom is -0.388 e. The van der Waals surface area contributed by atoms with Crippen LogP contribution in [0.2, 0.25) is 0 Å². The maximum Gasteiger partial charge on any atom is 0.0869 e. The van der Waals surface area contributed by atoms with Gasteiger partial charge in [0.15, 0.2) is 0 Å². The number of hydrogen-bond donors (Lipinski definition) is 2. The van der Waals surface area contributed by atoms with E-state index in [0.29, 0.717) is 12.6 Å². The van der Waals surface area contributed by atoms with Gasteiger partial charge in [0.1, 0.15) is 0 Å². The topological polar surface area (TPSA) is 44.7 Å². The van der Waals surface area contributed by atoms with Gasteiger partial charge in [-0.05, 0) is 13.3 Å². The van der Waals surface area contributed by atoms with Crippen LogP contribution in [0.3, 0.4) is 0 Å². The van der Waals surface area contributed by atoms with E-state index in [1.807, 2.05) is 6.92 Å². The van der Waals surface area contributed by atoms with Gasteiger partial charge in [-0.25, -0.2) is 0 Å². The lowest BCUT2D eigenvalue weighted by molar-refractivity contribution is 0.0179. The van der Waals surface area contributed by atoms with Crippen LogP contribution in [-0.4, -0.2) is 61.0 Å². The molecule has 0 radical (unpaired) electrons. The molecule has 1 atom stereocenters. The van der Waals surface area contributed by atoms with Gasteiger partial charge in [0.05, 0.1) is 12.2 Å². The molecule has 0 amide bonds. The number of ether oxygens (including phenoxy) is 1. The molecule has 1 saturated heterocycles. The Hall–Kier alpha value is -0.160. The molecule has 1 aliphatic rings. The van der Waals surface area contributed by atoms with Crippen LogP contribution in [-0.2, 0) is 4.74 Å². The molecule has 4 heteroatoms. The van der Waals surface area contributed by atoms with Gasteiger partial charge in [0.25, 0.3) is 0 Å². The quantitative estimate of drug-likeness (QED) is 0.720. The van der Waals surface area contributed by atoms with Crippen LogP contribution in [0.15, 0.2) is 0 Å². The molecule has 96 valence electrons. The normalized spacial score (nSPS) is 23.1. The molecule has 0 saturated carbocycles. The second kappa shape index (κ2) is 6.55. The average Bonchev–Trinajstić information content (AvgIpc) is 2.43. The Kier molecular flexibility index (Phi) is 5.69. The van der Waals surface area contributed by atoms with Crippen molar-refractivity contribution in [2.24, 2.45) is 0 Å². The van der Waals surface area contributed by atoms with Crippen LogP contribution >= 0.6 is 0 Å². The van der Waals surface area contributed by atoms with Gasteiger partial charge in [-0.3, -0.25) is 4.90 Å². The molecule has 4 nitrogen and oxygen atoms in total. The predicted molar refractivity (Wildman–Crippen MR) is 65.6 cm³/mol. The Morgan fingerprint density at radius 1 is 1.38 bits per heavy atom. The molecule has 16 heavy (non-hydrogen) atoms. The van der Waals surface area contributed by atoms with Gasteiger partial charge in [-0.1, -0.05) is 13.8 Å². The summed E-state index contributed by atoms with van der Waals surface area (Å²) in [5.74, 6) is 0. The van der Waals surface area contributed by atoms with Crippen LogP contribution in [0.25, 0.3) is 0 Å². The van der Waals surface area contributed by atoms with Gasteiger partial charge in [-0.15, -0.1) is 0 Å². The molecule has 1 rings (SSSR count). The number of hydrogen-bond acceptors (Lipinski definition) is 4. The highest BCUT2D eigenvalue weighted by atomic mass is 16.5. The molecule has 1 aliphatic heterocycles. The largest absolute Gasteiger partial charge is 0.388 e. The summed E-state index contributed by atoms with van der Waals surface area (Å²) in [5, 5.41) is 13.5. The minimum absolute atomic E-state index is 0.416. The lowest BCUT2D eigenvalue weighted by Crippen LogP contribution is -2.49. The number of aliphatic hydroxyl groups is 1. The fourth-order valence-corrected chi connectivity index (χ4v) is 1.92. The molecule has 0 spiro atoms. The number of nitrogens with one attached hydrogen (secondary N) is 1. The van der Waals surface area contributed by atoms with Gasteiger partial charge in [0.2, 0.25) is 0 Å². The Morgan fingerprint density at radius 3 is 2.81 bits per heavy atom. The SMILES string of the molecule is CC(C)NCC(C)(O)CN1CCCOCC1. The fraction of sp³-hybridized carbons (Fsp3) is 1.00. The van der Waals surface area contributed by atoms with E-state index in [1.54, 1.807) is 0 Å². The fourth-order valence-electron chi connectivity index (χ4n) is 1.92. The van der Waals surface area contributed by atoms with Crippen LogP contribution in [0, 0.1) is 0 Å². The Labute approximate surface area is 99.0 Å². The van der Waals surface area contributed by atoms with Gasteiger partial charge < -0.3 is 15.2 Å². The Balaban J connectivity index is 2.31. The second-order valence-corrected chi connectivity index (χ2v) is 5.27.